The van der Waals surface area contributed by atoms with Crippen LogP contribution in [0, 0.1) is 4.77 Å². The summed E-state index contributed by atoms with van der Waals surface area (Å²) in [5.74, 6) is 0. The molecule has 0 radical (unpaired) electrons. The van der Waals surface area contributed by atoms with E-state index in [1.807, 2.05) is 35.2 Å². The van der Waals surface area contributed by atoms with Gasteiger partial charge in [0.05, 0.1) is 11.0 Å². The summed E-state index contributed by atoms with van der Waals surface area (Å²) in [5.41, 5.74) is 4.68. The first-order valence-corrected chi connectivity index (χ1v) is 13.0. The lowest BCUT2D eigenvalue weighted by molar-refractivity contribution is 0.0771. The first-order chi connectivity index (χ1) is 17.7. The summed E-state index contributed by atoms with van der Waals surface area (Å²) in [4.78, 5) is 20.3. The lowest BCUT2D eigenvalue weighted by Gasteiger charge is -2.32. The molecule has 4 aromatic rings. The molecular weight excluding hydrogens is 468 g/mol. The lowest BCUT2D eigenvalue weighted by atomic mass is 10.1. The van der Waals surface area contributed by atoms with Crippen LogP contribution in [0.1, 0.15) is 30.0 Å². The van der Waals surface area contributed by atoms with E-state index in [-0.39, 0.29) is 12.1 Å². The number of nitrogens with one attached hydrogen (secondary N) is 1. The molecule has 5 rings (SSSR count). The number of H-pyrrole nitrogens is 1. The number of piperidine rings is 1. The second kappa shape index (κ2) is 11.5. The summed E-state index contributed by atoms with van der Waals surface area (Å²) in [5, 5.41) is 0. The zero-order chi connectivity index (χ0) is 24.7. The molecule has 1 N–H and O–H groups in total. The largest absolute Gasteiger partial charge is 0.448 e. The van der Waals surface area contributed by atoms with E-state index >= 15 is 0 Å². The summed E-state index contributed by atoms with van der Waals surface area (Å²) in [7, 11) is 0. The van der Waals surface area contributed by atoms with E-state index in [0.29, 0.717) is 26.2 Å². The van der Waals surface area contributed by atoms with Crippen molar-refractivity contribution in [2.24, 2.45) is 0 Å². The average molecular weight is 501 g/mol. The van der Waals surface area contributed by atoms with E-state index in [0.717, 1.165) is 41.7 Å². The molecule has 0 aliphatic carbocycles. The Bertz CT molecular complexity index is 1290. The van der Waals surface area contributed by atoms with E-state index < -0.39 is 0 Å². The fourth-order valence-electron chi connectivity index (χ4n) is 4.99. The molecule has 1 aromatic heterocycles. The molecule has 1 amide bonds. The molecule has 7 heteroatoms. The predicted molar refractivity (Wildman–Crippen MR) is 145 cm³/mol. The van der Waals surface area contributed by atoms with Crippen LogP contribution in [-0.2, 0) is 17.8 Å². The van der Waals surface area contributed by atoms with Gasteiger partial charge in [0.25, 0.3) is 0 Å². The molecule has 186 valence electrons. The number of carbonyl (C=O) groups is 1. The smallest absolute Gasteiger partial charge is 0.409 e. The summed E-state index contributed by atoms with van der Waals surface area (Å²) in [6.45, 7) is 4.00. The van der Waals surface area contributed by atoms with Gasteiger partial charge in [-0.3, -0.25) is 4.90 Å². The van der Waals surface area contributed by atoms with Crippen LogP contribution in [0.2, 0.25) is 0 Å². The highest BCUT2D eigenvalue weighted by molar-refractivity contribution is 7.71. The van der Waals surface area contributed by atoms with Gasteiger partial charge in [-0.1, -0.05) is 72.8 Å². The minimum absolute atomic E-state index is 0.227. The number of benzene rings is 3. The number of amides is 1. The number of para-hydroxylation sites is 2. The van der Waals surface area contributed by atoms with Crippen molar-refractivity contribution in [1.82, 2.24) is 19.4 Å². The highest BCUT2D eigenvalue weighted by atomic mass is 32.1. The Kier molecular flexibility index (Phi) is 7.79. The van der Waals surface area contributed by atoms with Crippen LogP contribution in [0.25, 0.3) is 11.0 Å². The zero-order valence-corrected chi connectivity index (χ0v) is 21.2. The number of hydrogen-bond donors (Lipinski definition) is 1. The highest BCUT2D eigenvalue weighted by Crippen LogP contribution is 2.27. The Balaban J connectivity index is 1.14. The van der Waals surface area contributed by atoms with Crippen molar-refractivity contribution in [1.29, 1.82) is 0 Å². The van der Waals surface area contributed by atoms with Crippen molar-refractivity contribution in [3.8, 4) is 0 Å². The topological polar surface area (TPSA) is 53.5 Å². The van der Waals surface area contributed by atoms with Gasteiger partial charge in [-0.2, -0.15) is 0 Å². The Hall–Kier alpha value is -3.42. The molecule has 6 nitrogen and oxygen atoms in total. The van der Waals surface area contributed by atoms with E-state index in [9.17, 15) is 4.79 Å². The van der Waals surface area contributed by atoms with Gasteiger partial charge in [0.1, 0.15) is 6.61 Å². The highest BCUT2D eigenvalue weighted by Gasteiger charge is 2.26. The van der Waals surface area contributed by atoms with Crippen molar-refractivity contribution in [3.63, 3.8) is 0 Å². The molecule has 0 spiro atoms. The summed E-state index contributed by atoms with van der Waals surface area (Å²) >= 11 is 5.59. The maximum absolute atomic E-state index is 12.8. The first kappa shape index (κ1) is 24.3. The third-order valence-electron chi connectivity index (χ3n) is 6.84. The minimum Gasteiger partial charge on any atom is -0.448 e. The van der Waals surface area contributed by atoms with Gasteiger partial charge in [0.15, 0.2) is 4.77 Å². The van der Waals surface area contributed by atoms with Crippen LogP contribution < -0.4 is 0 Å². The predicted octanol–water partition coefficient (Wildman–Crippen LogP) is 6.17. The number of fused-ring (bicyclic) bond motifs is 1. The number of nitrogens with zero attached hydrogens (tertiary/aromatic N) is 3. The molecule has 1 saturated heterocycles. The van der Waals surface area contributed by atoms with Gasteiger partial charge in [-0.15, -0.1) is 0 Å². The minimum atomic E-state index is -0.227. The van der Waals surface area contributed by atoms with Gasteiger partial charge >= 0.3 is 6.09 Å². The summed E-state index contributed by atoms with van der Waals surface area (Å²) < 4.78 is 8.67. The SMILES string of the molecule is O=C(OCCN(Cc1ccccc1)Cc1ccccc1)N1CCC(n2c(=S)[nH]c3ccccc32)CC1. The Morgan fingerprint density at radius 2 is 1.47 bits per heavy atom. The lowest BCUT2D eigenvalue weighted by Crippen LogP contribution is -2.40. The van der Waals surface area contributed by atoms with Crippen LogP contribution >= 0.6 is 12.2 Å². The van der Waals surface area contributed by atoms with Gasteiger partial charge in [-0.05, 0) is 48.3 Å². The number of aromatic nitrogens is 2. The quantitative estimate of drug-likeness (QED) is 0.294. The maximum atomic E-state index is 12.8. The molecule has 36 heavy (non-hydrogen) atoms. The van der Waals surface area contributed by atoms with Crippen LogP contribution in [-0.4, -0.2) is 51.7 Å². The van der Waals surface area contributed by atoms with Crippen molar-refractivity contribution < 1.29 is 9.53 Å². The average Bonchev–Trinajstić information content (AvgIpc) is 3.25. The van der Waals surface area contributed by atoms with Gasteiger partial charge in [0.2, 0.25) is 0 Å². The molecule has 0 atom stereocenters. The van der Waals surface area contributed by atoms with Crippen molar-refractivity contribution >= 4 is 29.3 Å². The Morgan fingerprint density at radius 1 is 0.889 bits per heavy atom. The number of hydrogen-bond acceptors (Lipinski definition) is 4. The second-order valence-corrected chi connectivity index (χ2v) is 9.72. The summed E-state index contributed by atoms with van der Waals surface area (Å²) in [6.07, 6.45) is 1.49. The fourth-order valence-corrected chi connectivity index (χ4v) is 5.35. The number of rotatable bonds is 8. The third-order valence-corrected chi connectivity index (χ3v) is 7.14. The molecule has 1 aliphatic rings. The van der Waals surface area contributed by atoms with Crippen molar-refractivity contribution in [2.75, 3.05) is 26.2 Å². The van der Waals surface area contributed by atoms with E-state index in [1.165, 1.54) is 11.1 Å². The molecule has 0 bridgehead atoms. The molecule has 1 aliphatic heterocycles. The number of carbonyl (C=O) groups excluding carboxylic acids is 1. The standard InChI is InChI=1S/C29H32N4O2S/c34-29(32-17-15-25(16-18-32)33-27-14-8-7-13-26(27)30-28(33)36)35-20-19-31(21-23-9-3-1-4-10-23)22-24-11-5-2-6-12-24/h1-14,25H,15-22H2,(H,30,36). The van der Waals surface area contributed by atoms with E-state index in [1.54, 1.807) is 0 Å². The monoisotopic (exact) mass is 500 g/mol. The van der Waals surface area contributed by atoms with Gasteiger partial charge in [-0.25, -0.2) is 4.79 Å². The van der Waals surface area contributed by atoms with Crippen LogP contribution in [0.3, 0.4) is 0 Å². The number of imidazole rings is 1. The number of likely N-dealkylation sites (tertiary alicyclic amines) is 1. The number of ether oxygens (including phenoxy) is 1. The van der Waals surface area contributed by atoms with E-state index in [2.05, 4.69) is 69.0 Å². The first-order valence-electron chi connectivity index (χ1n) is 12.6. The fraction of sp³-hybridized carbons (Fsp3) is 0.310. The van der Waals surface area contributed by atoms with Crippen molar-refractivity contribution in [2.45, 2.75) is 32.0 Å². The van der Waals surface area contributed by atoms with Gasteiger partial charge in [0, 0.05) is 38.8 Å². The Labute approximate surface area is 217 Å². The maximum Gasteiger partial charge on any atom is 0.409 e. The molecular formula is C29H32N4O2S. The van der Waals surface area contributed by atoms with Crippen LogP contribution in [0.15, 0.2) is 84.9 Å². The normalized spacial score (nSPS) is 14.4. The summed E-state index contributed by atoms with van der Waals surface area (Å²) in [6, 6.07) is 29.3. The number of aromatic amines is 1. The zero-order valence-electron chi connectivity index (χ0n) is 20.4. The van der Waals surface area contributed by atoms with E-state index in [4.69, 9.17) is 17.0 Å². The van der Waals surface area contributed by atoms with Crippen LogP contribution in [0.5, 0.6) is 0 Å². The Morgan fingerprint density at radius 3 is 2.11 bits per heavy atom. The molecule has 0 saturated carbocycles. The second-order valence-electron chi connectivity index (χ2n) is 9.33. The third kappa shape index (κ3) is 5.86. The molecule has 2 heterocycles. The van der Waals surface area contributed by atoms with Crippen LogP contribution in [0.4, 0.5) is 4.79 Å². The van der Waals surface area contributed by atoms with Crippen molar-refractivity contribution in [3.05, 3.63) is 101 Å². The molecule has 0 unspecified atom stereocenters. The molecule has 1 fully saturated rings. The molecule has 3 aromatic carbocycles. The van der Waals surface area contributed by atoms with Gasteiger partial charge < -0.3 is 19.2 Å².